The number of halogens is 3. The van der Waals surface area contributed by atoms with Gasteiger partial charge in [0.05, 0.1) is 5.69 Å². The Kier molecular flexibility index (Phi) is 6.51. The van der Waals surface area contributed by atoms with Crippen LogP contribution in [0.2, 0.25) is 5.02 Å². The molecule has 0 atom stereocenters. The first-order chi connectivity index (χ1) is 12.5. The van der Waals surface area contributed by atoms with E-state index in [2.05, 4.69) is 37.1 Å². The summed E-state index contributed by atoms with van der Waals surface area (Å²) >= 11 is 9.25. The number of hydrogen-bond acceptors (Lipinski definition) is 3. The van der Waals surface area contributed by atoms with Crippen molar-refractivity contribution in [2.24, 2.45) is 0 Å². The molecule has 3 rings (SSSR count). The van der Waals surface area contributed by atoms with E-state index in [9.17, 15) is 9.18 Å². The first-order valence-electron chi connectivity index (χ1n) is 8.49. The normalized spacial score (nSPS) is 15.1. The predicted octanol–water partition coefficient (Wildman–Crippen LogP) is 4.39. The molecular formula is C19H20BrClFN3O. The zero-order chi connectivity index (χ0) is 18.5. The summed E-state index contributed by atoms with van der Waals surface area (Å²) in [5, 5.41) is 3.37. The molecular weight excluding hydrogens is 421 g/mol. The van der Waals surface area contributed by atoms with Crippen LogP contribution < -0.4 is 10.2 Å². The Balaban J connectivity index is 1.44. The van der Waals surface area contributed by atoms with Crippen LogP contribution in [0, 0.1) is 5.82 Å². The average Bonchev–Trinajstić information content (AvgIpc) is 2.63. The van der Waals surface area contributed by atoms with Crippen molar-refractivity contribution in [3.05, 3.63) is 57.8 Å². The number of anilines is 2. The zero-order valence-electron chi connectivity index (χ0n) is 14.2. The second-order valence-electron chi connectivity index (χ2n) is 6.23. The van der Waals surface area contributed by atoms with Gasteiger partial charge in [0.15, 0.2) is 0 Å². The van der Waals surface area contributed by atoms with Gasteiger partial charge in [0.25, 0.3) is 0 Å². The fourth-order valence-electron chi connectivity index (χ4n) is 2.97. The molecule has 2 aromatic carbocycles. The molecule has 1 aliphatic rings. The Morgan fingerprint density at radius 1 is 1.15 bits per heavy atom. The monoisotopic (exact) mass is 439 g/mol. The number of piperazine rings is 1. The number of nitrogens with zero attached hydrogens (tertiary/aromatic N) is 2. The lowest BCUT2D eigenvalue weighted by Crippen LogP contribution is -2.47. The highest BCUT2D eigenvalue weighted by molar-refractivity contribution is 9.10. The van der Waals surface area contributed by atoms with Crippen LogP contribution in [0.3, 0.4) is 0 Å². The third-order valence-corrected chi connectivity index (χ3v) is 5.13. The summed E-state index contributed by atoms with van der Waals surface area (Å²) < 4.78 is 14.4. The number of rotatable bonds is 5. The Morgan fingerprint density at radius 2 is 1.92 bits per heavy atom. The highest BCUT2D eigenvalue weighted by Gasteiger charge is 2.18. The third-order valence-electron chi connectivity index (χ3n) is 4.41. The van der Waals surface area contributed by atoms with Crippen LogP contribution in [0.1, 0.15) is 6.42 Å². The van der Waals surface area contributed by atoms with Crippen molar-refractivity contribution in [1.29, 1.82) is 0 Å². The molecule has 1 heterocycles. The van der Waals surface area contributed by atoms with E-state index in [1.54, 1.807) is 12.1 Å². The fraction of sp³-hybridized carbons (Fsp3) is 0.316. The zero-order valence-corrected chi connectivity index (χ0v) is 16.6. The molecule has 1 saturated heterocycles. The fourth-order valence-corrected chi connectivity index (χ4v) is 3.48. The van der Waals surface area contributed by atoms with Gasteiger partial charge in [0.2, 0.25) is 5.91 Å². The van der Waals surface area contributed by atoms with Crippen LogP contribution in [0.4, 0.5) is 15.8 Å². The first-order valence-corrected chi connectivity index (χ1v) is 9.66. The van der Waals surface area contributed by atoms with E-state index in [1.807, 2.05) is 18.2 Å². The van der Waals surface area contributed by atoms with E-state index in [0.29, 0.717) is 17.4 Å². The van der Waals surface area contributed by atoms with Gasteiger partial charge >= 0.3 is 0 Å². The molecule has 0 radical (unpaired) electrons. The number of hydrogen-bond donors (Lipinski definition) is 1. The maximum atomic E-state index is 13.8. The van der Waals surface area contributed by atoms with Crippen LogP contribution in [-0.2, 0) is 4.79 Å². The molecule has 1 fully saturated rings. The smallest absolute Gasteiger partial charge is 0.225 e. The number of benzene rings is 2. The van der Waals surface area contributed by atoms with E-state index in [4.69, 9.17) is 11.6 Å². The van der Waals surface area contributed by atoms with E-state index in [0.717, 1.165) is 36.9 Å². The van der Waals surface area contributed by atoms with Gasteiger partial charge in [0.1, 0.15) is 5.82 Å². The first kappa shape index (κ1) is 19.1. The highest BCUT2D eigenvalue weighted by atomic mass is 79.9. The molecule has 26 heavy (non-hydrogen) atoms. The Bertz CT molecular complexity index is 781. The Morgan fingerprint density at radius 3 is 2.62 bits per heavy atom. The number of amides is 1. The molecule has 0 aromatic heterocycles. The van der Waals surface area contributed by atoms with Crippen LogP contribution in [-0.4, -0.2) is 43.5 Å². The van der Waals surface area contributed by atoms with Crippen molar-refractivity contribution in [3.8, 4) is 0 Å². The summed E-state index contributed by atoms with van der Waals surface area (Å²) in [4.78, 5) is 16.6. The second kappa shape index (κ2) is 8.84. The molecule has 1 amide bonds. The number of carbonyl (C=O) groups is 1. The molecule has 7 heteroatoms. The minimum atomic E-state index is -0.442. The summed E-state index contributed by atoms with van der Waals surface area (Å²) in [6.45, 7) is 4.21. The number of carbonyl (C=O) groups excluding carboxylic acids is 1. The molecule has 0 saturated carbocycles. The van der Waals surface area contributed by atoms with E-state index < -0.39 is 5.82 Å². The molecule has 1 N–H and O–H groups in total. The van der Waals surface area contributed by atoms with Gasteiger partial charge in [-0.05, 0) is 36.4 Å². The van der Waals surface area contributed by atoms with Crippen molar-refractivity contribution in [2.75, 3.05) is 42.9 Å². The third kappa shape index (κ3) is 5.19. The SMILES string of the molecule is O=C(CCN1CCN(c2cccc(Cl)c2)CC1)Nc1ccc(Br)cc1F. The van der Waals surface area contributed by atoms with Crippen LogP contribution in [0.15, 0.2) is 46.9 Å². The Labute approximate surface area is 166 Å². The van der Waals surface area contributed by atoms with Crippen molar-refractivity contribution in [2.45, 2.75) is 6.42 Å². The summed E-state index contributed by atoms with van der Waals surface area (Å²) in [5.74, 6) is -0.619. The van der Waals surface area contributed by atoms with Crippen molar-refractivity contribution in [1.82, 2.24) is 4.90 Å². The molecule has 138 valence electrons. The van der Waals surface area contributed by atoms with Gasteiger partial charge in [-0.25, -0.2) is 4.39 Å². The summed E-state index contributed by atoms with van der Waals surface area (Å²) in [6.07, 6.45) is 0.340. The molecule has 0 aliphatic carbocycles. The molecule has 2 aromatic rings. The summed E-state index contributed by atoms with van der Waals surface area (Å²) in [7, 11) is 0. The van der Waals surface area contributed by atoms with E-state index in [1.165, 1.54) is 6.07 Å². The van der Waals surface area contributed by atoms with Crippen LogP contribution in [0.5, 0.6) is 0 Å². The predicted molar refractivity (Wildman–Crippen MR) is 107 cm³/mol. The average molecular weight is 441 g/mol. The quantitative estimate of drug-likeness (QED) is 0.749. The van der Waals surface area contributed by atoms with E-state index in [-0.39, 0.29) is 11.6 Å². The van der Waals surface area contributed by atoms with Gasteiger partial charge in [-0.2, -0.15) is 0 Å². The summed E-state index contributed by atoms with van der Waals surface area (Å²) in [6, 6.07) is 12.4. The van der Waals surface area contributed by atoms with Gasteiger partial charge < -0.3 is 10.2 Å². The minimum Gasteiger partial charge on any atom is -0.369 e. The van der Waals surface area contributed by atoms with Gasteiger partial charge in [0, 0.05) is 54.3 Å². The largest absolute Gasteiger partial charge is 0.369 e. The maximum Gasteiger partial charge on any atom is 0.225 e. The van der Waals surface area contributed by atoms with Crippen LogP contribution >= 0.6 is 27.5 Å². The molecule has 4 nitrogen and oxygen atoms in total. The van der Waals surface area contributed by atoms with Gasteiger partial charge in [-0.3, -0.25) is 9.69 Å². The summed E-state index contributed by atoms with van der Waals surface area (Å²) in [5.41, 5.74) is 1.34. The van der Waals surface area contributed by atoms with Crippen molar-refractivity contribution in [3.63, 3.8) is 0 Å². The van der Waals surface area contributed by atoms with Crippen molar-refractivity contribution >= 4 is 44.8 Å². The Hall–Kier alpha value is -1.63. The minimum absolute atomic E-state index is 0.177. The van der Waals surface area contributed by atoms with E-state index >= 15 is 0 Å². The molecule has 1 aliphatic heterocycles. The lowest BCUT2D eigenvalue weighted by molar-refractivity contribution is -0.116. The molecule has 0 spiro atoms. The standard InChI is InChI=1S/C19H20BrClFN3O/c20-14-4-5-18(17(22)12-14)23-19(26)6-7-24-8-10-25(11-9-24)16-3-1-2-15(21)13-16/h1-5,12-13H,6-11H2,(H,23,26). The maximum absolute atomic E-state index is 13.8. The van der Waals surface area contributed by atoms with Gasteiger partial charge in [-0.15, -0.1) is 0 Å². The lowest BCUT2D eigenvalue weighted by Gasteiger charge is -2.36. The van der Waals surface area contributed by atoms with Crippen LogP contribution in [0.25, 0.3) is 0 Å². The molecule has 0 unspecified atom stereocenters. The van der Waals surface area contributed by atoms with Gasteiger partial charge in [-0.1, -0.05) is 33.6 Å². The lowest BCUT2D eigenvalue weighted by atomic mass is 10.2. The number of nitrogens with one attached hydrogen (secondary N) is 1. The van der Waals surface area contributed by atoms with Crippen molar-refractivity contribution < 1.29 is 9.18 Å². The highest BCUT2D eigenvalue weighted by Crippen LogP contribution is 2.21. The topological polar surface area (TPSA) is 35.6 Å². The molecule has 0 bridgehead atoms. The second-order valence-corrected chi connectivity index (χ2v) is 7.58.